The van der Waals surface area contributed by atoms with E-state index in [0.29, 0.717) is 0 Å². The molecule has 4 rings (SSSR count). The Morgan fingerprint density at radius 3 is 1.69 bits per heavy atom. The Kier molecular flexibility index (Phi) is 7.96. The summed E-state index contributed by atoms with van der Waals surface area (Å²) in [6.07, 6.45) is 0. The van der Waals surface area contributed by atoms with E-state index in [4.69, 9.17) is 0 Å². The van der Waals surface area contributed by atoms with E-state index in [2.05, 4.69) is 0 Å². The number of carbonyl (C=O) groups excluding carboxylic acids is 2. The van der Waals surface area contributed by atoms with Gasteiger partial charge in [0.1, 0.15) is 23.2 Å². The summed E-state index contributed by atoms with van der Waals surface area (Å²) < 4.78 is 27.6. The average molecular weight is 430 g/mol. The molecule has 4 aromatic carbocycles. The Balaban J connectivity index is 0.000000437. The van der Waals surface area contributed by atoms with Gasteiger partial charge in [-0.1, -0.05) is 42.0 Å². The molecule has 152 valence electrons. The second kappa shape index (κ2) is 10.4. The molecule has 0 bridgehead atoms. The molecular formula is C24H16F2FeO2-6. The van der Waals surface area contributed by atoms with Crippen LogP contribution in [0.3, 0.4) is 0 Å². The van der Waals surface area contributed by atoms with E-state index in [0.717, 1.165) is 0 Å². The SMILES string of the molecule is O=C(c1ccccc1F)c1ccc[c-]1C(=O)c1ccccc1F.[Fe].[cH-]1[cH-][cH-][cH-][cH-]1. The molecule has 0 atom stereocenters. The van der Waals surface area contributed by atoms with Gasteiger partial charge in [-0.25, -0.2) is 8.78 Å². The molecule has 0 N–H and O–H groups in total. The van der Waals surface area contributed by atoms with Crippen LogP contribution in [-0.4, -0.2) is 11.6 Å². The molecule has 0 saturated heterocycles. The van der Waals surface area contributed by atoms with Gasteiger partial charge in [0.05, 0.1) is 0 Å². The van der Waals surface area contributed by atoms with Crippen LogP contribution in [0.4, 0.5) is 8.78 Å². The Bertz CT molecular complexity index is 993. The molecule has 0 fully saturated rings. The van der Waals surface area contributed by atoms with Gasteiger partial charge >= 0.3 is 0 Å². The fraction of sp³-hybridized carbons (Fsp3) is 0. The summed E-state index contributed by atoms with van der Waals surface area (Å²) in [5.74, 6) is -2.54. The molecular weight excluding hydrogens is 414 g/mol. The first-order valence-electron chi connectivity index (χ1n) is 8.60. The summed E-state index contributed by atoms with van der Waals surface area (Å²) in [5.41, 5.74) is -0.130. The third-order valence-corrected chi connectivity index (χ3v) is 4.10. The van der Waals surface area contributed by atoms with Crippen molar-refractivity contribution in [2.75, 3.05) is 0 Å². The van der Waals surface area contributed by atoms with E-state index in [-0.39, 0.29) is 39.3 Å². The Hall–Kier alpha value is -3.14. The van der Waals surface area contributed by atoms with E-state index >= 15 is 0 Å². The van der Waals surface area contributed by atoms with Gasteiger partial charge in [0.15, 0.2) is 0 Å². The molecule has 4 aromatic rings. The summed E-state index contributed by atoms with van der Waals surface area (Å²) in [6.45, 7) is 0. The number of benzene rings is 2. The van der Waals surface area contributed by atoms with Crippen LogP contribution in [0.15, 0.2) is 97.1 Å². The molecule has 0 aliphatic rings. The van der Waals surface area contributed by atoms with E-state index in [1.54, 1.807) is 0 Å². The van der Waals surface area contributed by atoms with Gasteiger partial charge in [-0.3, -0.25) is 0 Å². The maximum Gasteiger partial charge on any atom is 0.131 e. The number of hydrogen-bond acceptors (Lipinski definition) is 2. The molecule has 0 amide bonds. The van der Waals surface area contributed by atoms with Gasteiger partial charge in [-0.15, -0.1) is 12.1 Å². The first kappa shape index (κ1) is 22.2. The summed E-state index contributed by atoms with van der Waals surface area (Å²) in [4.78, 5) is 25.0. The van der Waals surface area contributed by atoms with Gasteiger partial charge in [-0.2, -0.15) is 6.07 Å². The molecule has 0 aliphatic heterocycles. The Labute approximate surface area is 178 Å². The molecule has 0 unspecified atom stereocenters. The zero-order valence-corrected chi connectivity index (χ0v) is 16.3. The minimum Gasteiger partial charge on any atom is -0.748 e. The van der Waals surface area contributed by atoms with Gasteiger partial charge in [0.25, 0.3) is 0 Å². The van der Waals surface area contributed by atoms with Gasteiger partial charge in [-0.05, 0) is 17.7 Å². The number of hydrogen-bond donors (Lipinski definition) is 0. The molecule has 5 heteroatoms. The van der Waals surface area contributed by atoms with Gasteiger partial charge in [0.2, 0.25) is 0 Å². The molecule has 2 nitrogen and oxygen atoms in total. The predicted octanol–water partition coefficient (Wildman–Crippen LogP) is 5.55. The van der Waals surface area contributed by atoms with E-state index < -0.39 is 23.2 Å². The molecule has 0 radical (unpaired) electrons. The number of halogens is 2. The van der Waals surface area contributed by atoms with E-state index in [1.165, 1.54) is 66.7 Å². The second-order valence-electron chi connectivity index (χ2n) is 5.93. The third-order valence-electron chi connectivity index (χ3n) is 4.10. The third kappa shape index (κ3) is 5.23. The molecule has 29 heavy (non-hydrogen) atoms. The minimum atomic E-state index is -0.664. The zero-order chi connectivity index (χ0) is 19.9. The first-order chi connectivity index (χ1) is 13.6. The van der Waals surface area contributed by atoms with Crippen LogP contribution in [0.1, 0.15) is 31.8 Å². The van der Waals surface area contributed by atoms with Crippen molar-refractivity contribution in [3.63, 3.8) is 0 Å². The molecule has 0 spiro atoms. The van der Waals surface area contributed by atoms with Crippen molar-refractivity contribution in [1.82, 2.24) is 0 Å². The molecule has 0 aromatic heterocycles. The maximum absolute atomic E-state index is 13.8. The van der Waals surface area contributed by atoms with Gasteiger partial charge in [0, 0.05) is 28.2 Å². The first-order valence-corrected chi connectivity index (χ1v) is 8.60. The minimum absolute atomic E-state index is 0. The fourth-order valence-corrected chi connectivity index (χ4v) is 2.72. The Morgan fingerprint density at radius 2 is 1.17 bits per heavy atom. The van der Waals surface area contributed by atoms with Crippen LogP contribution in [0.5, 0.6) is 0 Å². The van der Waals surface area contributed by atoms with Crippen LogP contribution < -0.4 is 0 Å². The average Bonchev–Trinajstić information content (AvgIpc) is 3.42. The van der Waals surface area contributed by atoms with E-state index in [1.807, 2.05) is 30.3 Å². The molecule has 0 saturated carbocycles. The standard InChI is InChI=1S/C19H11F2O2.C5H5.Fe/c20-16-10-3-1-6-14(16)18(22)12-8-5-9-13(12)19(23)15-7-2-4-11-17(15)21;1-2-4-5-3-1;/h1-11H;1-5H;/q-1;-5;. The van der Waals surface area contributed by atoms with Crippen LogP contribution >= 0.6 is 0 Å². The maximum atomic E-state index is 13.8. The summed E-state index contributed by atoms with van der Waals surface area (Å²) in [5, 5.41) is 0. The van der Waals surface area contributed by atoms with Crippen LogP contribution in [0, 0.1) is 11.6 Å². The number of ketones is 2. The zero-order valence-electron chi connectivity index (χ0n) is 15.2. The molecule has 0 aliphatic carbocycles. The van der Waals surface area contributed by atoms with Crippen LogP contribution in [0.25, 0.3) is 0 Å². The summed E-state index contributed by atoms with van der Waals surface area (Å²) in [7, 11) is 0. The second-order valence-corrected chi connectivity index (χ2v) is 5.93. The van der Waals surface area contributed by atoms with Crippen molar-refractivity contribution in [1.29, 1.82) is 0 Å². The monoisotopic (exact) mass is 430 g/mol. The van der Waals surface area contributed by atoms with Crippen LogP contribution in [0.2, 0.25) is 0 Å². The van der Waals surface area contributed by atoms with Crippen molar-refractivity contribution >= 4 is 11.6 Å². The van der Waals surface area contributed by atoms with Crippen molar-refractivity contribution in [2.24, 2.45) is 0 Å². The summed E-state index contributed by atoms with van der Waals surface area (Å²) >= 11 is 0. The van der Waals surface area contributed by atoms with Crippen molar-refractivity contribution in [2.45, 2.75) is 0 Å². The van der Waals surface area contributed by atoms with Crippen molar-refractivity contribution in [3.05, 3.63) is 131 Å². The van der Waals surface area contributed by atoms with Crippen molar-refractivity contribution in [3.8, 4) is 0 Å². The molecule has 0 heterocycles. The van der Waals surface area contributed by atoms with Gasteiger partial charge < -0.3 is 39.9 Å². The Morgan fingerprint density at radius 1 is 0.690 bits per heavy atom. The summed E-state index contributed by atoms with van der Waals surface area (Å²) in [6, 6.07) is 25.5. The topological polar surface area (TPSA) is 34.1 Å². The van der Waals surface area contributed by atoms with E-state index in [9.17, 15) is 18.4 Å². The fourth-order valence-electron chi connectivity index (χ4n) is 2.72. The normalized spacial score (nSPS) is 9.72. The predicted molar refractivity (Wildman–Crippen MR) is 104 cm³/mol. The van der Waals surface area contributed by atoms with Crippen LogP contribution in [-0.2, 0) is 17.1 Å². The smallest absolute Gasteiger partial charge is 0.131 e. The van der Waals surface area contributed by atoms with Crippen molar-refractivity contribution < 1.29 is 35.4 Å². The quantitative estimate of drug-likeness (QED) is 0.242. The largest absolute Gasteiger partial charge is 0.748 e. The number of carbonyl (C=O) groups is 2. The number of rotatable bonds is 4.